The largest absolute Gasteiger partial charge is 0.287 e. The van der Waals surface area contributed by atoms with E-state index in [1.807, 2.05) is 19.2 Å². The molecule has 3 nitrogen and oxygen atoms in total. The standard InChI is InChI=1S/C9H13NO2S/c1-6-5-13-8(7(6)2)9(11)10(3)12-4/h5H,1-4H3. The molecule has 0 saturated carbocycles. The summed E-state index contributed by atoms with van der Waals surface area (Å²) in [5, 5.41) is 3.21. The van der Waals surface area contributed by atoms with Crippen LogP contribution in [0.3, 0.4) is 0 Å². The number of carbonyl (C=O) groups excluding carboxylic acids is 1. The Kier molecular flexibility index (Phi) is 3.06. The van der Waals surface area contributed by atoms with E-state index in [-0.39, 0.29) is 5.91 Å². The molecule has 72 valence electrons. The molecule has 0 aliphatic rings. The van der Waals surface area contributed by atoms with Crippen molar-refractivity contribution in [2.24, 2.45) is 0 Å². The number of hydrogen-bond acceptors (Lipinski definition) is 3. The van der Waals surface area contributed by atoms with Crippen LogP contribution in [-0.2, 0) is 4.84 Å². The predicted octanol–water partition coefficient (Wildman–Crippen LogP) is 2.00. The van der Waals surface area contributed by atoms with Crippen LogP contribution in [0.25, 0.3) is 0 Å². The summed E-state index contributed by atoms with van der Waals surface area (Å²) in [5.41, 5.74) is 2.19. The lowest BCUT2D eigenvalue weighted by molar-refractivity contribution is -0.0754. The Labute approximate surface area is 81.9 Å². The zero-order valence-corrected chi connectivity index (χ0v) is 9.07. The van der Waals surface area contributed by atoms with Crippen LogP contribution in [-0.4, -0.2) is 25.1 Å². The van der Waals surface area contributed by atoms with Crippen molar-refractivity contribution in [3.63, 3.8) is 0 Å². The summed E-state index contributed by atoms with van der Waals surface area (Å²) in [6, 6.07) is 0. The summed E-state index contributed by atoms with van der Waals surface area (Å²) in [4.78, 5) is 17.2. The lowest BCUT2D eigenvalue weighted by Crippen LogP contribution is -2.25. The molecule has 0 fully saturated rings. The van der Waals surface area contributed by atoms with E-state index in [1.165, 1.54) is 23.5 Å². The van der Waals surface area contributed by atoms with Gasteiger partial charge in [0.15, 0.2) is 0 Å². The van der Waals surface area contributed by atoms with E-state index in [1.54, 1.807) is 7.05 Å². The van der Waals surface area contributed by atoms with Crippen molar-refractivity contribution in [2.75, 3.05) is 14.2 Å². The maximum absolute atomic E-state index is 11.6. The van der Waals surface area contributed by atoms with E-state index >= 15 is 0 Å². The van der Waals surface area contributed by atoms with Crippen molar-refractivity contribution in [3.8, 4) is 0 Å². The molecule has 0 aliphatic carbocycles. The quantitative estimate of drug-likeness (QED) is 0.682. The summed E-state index contributed by atoms with van der Waals surface area (Å²) in [7, 11) is 3.09. The first-order valence-electron chi connectivity index (χ1n) is 3.94. The van der Waals surface area contributed by atoms with Crippen LogP contribution in [0, 0.1) is 13.8 Å². The Bertz CT molecular complexity index is 319. The monoisotopic (exact) mass is 199 g/mol. The highest BCUT2D eigenvalue weighted by Crippen LogP contribution is 2.21. The first kappa shape index (κ1) is 10.2. The van der Waals surface area contributed by atoms with Gasteiger partial charge in [0.2, 0.25) is 0 Å². The summed E-state index contributed by atoms with van der Waals surface area (Å²) < 4.78 is 0. The second-order valence-electron chi connectivity index (χ2n) is 2.86. The minimum atomic E-state index is -0.0851. The smallest absolute Gasteiger partial charge is 0.274 e. The Hall–Kier alpha value is -0.870. The molecule has 0 atom stereocenters. The van der Waals surface area contributed by atoms with Gasteiger partial charge in [-0.1, -0.05) is 0 Å². The maximum atomic E-state index is 11.6. The zero-order valence-electron chi connectivity index (χ0n) is 8.25. The van der Waals surface area contributed by atoms with Crippen molar-refractivity contribution in [1.82, 2.24) is 5.06 Å². The molecule has 1 amide bonds. The van der Waals surface area contributed by atoms with Gasteiger partial charge in [-0.15, -0.1) is 11.3 Å². The molecule has 0 saturated heterocycles. The molecule has 0 aliphatic heterocycles. The Balaban J connectivity index is 2.95. The van der Waals surface area contributed by atoms with Gasteiger partial charge in [0.1, 0.15) is 0 Å². The van der Waals surface area contributed by atoms with E-state index < -0.39 is 0 Å². The van der Waals surface area contributed by atoms with Gasteiger partial charge in [0.05, 0.1) is 12.0 Å². The minimum absolute atomic E-state index is 0.0851. The van der Waals surface area contributed by atoms with Crippen LogP contribution in [0.1, 0.15) is 20.8 Å². The third kappa shape index (κ3) is 1.89. The minimum Gasteiger partial charge on any atom is -0.274 e. The molecule has 0 aromatic carbocycles. The average Bonchev–Trinajstić information content (AvgIpc) is 2.45. The third-order valence-corrected chi connectivity index (χ3v) is 3.23. The lowest BCUT2D eigenvalue weighted by atomic mass is 10.2. The number of amides is 1. The molecule has 1 aromatic heterocycles. The molecule has 1 aromatic rings. The van der Waals surface area contributed by atoms with Gasteiger partial charge in [-0.25, -0.2) is 5.06 Å². The fourth-order valence-electron chi connectivity index (χ4n) is 0.940. The van der Waals surface area contributed by atoms with Crippen LogP contribution in [0.4, 0.5) is 0 Å². The Morgan fingerprint density at radius 1 is 1.54 bits per heavy atom. The Morgan fingerprint density at radius 3 is 2.54 bits per heavy atom. The number of rotatable bonds is 2. The molecular weight excluding hydrogens is 186 g/mol. The summed E-state index contributed by atoms with van der Waals surface area (Å²) >= 11 is 1.46. The molecule has 1 heterocycles. The van der Waals surface area contributed by atoms with Gasteiger partial charge in [-0.2, -0.15) is 0 Å². The van der Waals surface area contributed by atoms with Crippen LogP contribution in [0.5, 0.6) is 0 Å². The third-order valence-electron chi connectivity index (χ3n) is 2.04. The fourth-order valence-corrected chi connectivity index (χ4v) is 1.98. The second kappa shape index (κ2) is 3.89. The first-order chi connectivity index (χ1) is 6.07. The van der Waals surface area contributed by atoms with Crippen molar-refractivity contribution in [2.45, 2.75) is 13.8 Å². The summed E-state index contributed by atoms with van der Waals surface area (Å²) in [6.45, 7) is 3.94. The van der Waals surface area contributed by atoms with Gasteiger partial charge in [0, 0.05) is 7.05 Å². The first-order valence-corrected chi connectivity index (χ1v) is 4.82. The number of nitrogens with zero attached hydrogens (tertiary/aromatic N) is 1. The van der Waals surface area contributed by atoms with Gasteiger partial charge >= 0.3 is 0 Å². The van der Waals surface area contributed by atoms with Crippen LogP contribution in [0.2, 0.25) is 0 Å². The maximum Gasteiger partial charge on any atom is 0.287 e. The lowest BCUT2D eigenvalue weighted by Gasteiger charge is -2.12. The molecule has 0 radical (unpaired) electrons. The molecule has 1 rings (SSSR count). The van der Waals surface area contributed by atoms with Crippen molar-refractivity contribution < 1.29 is 9.63 Å². The van der Waals surface area contributed by atoms with Crippen molar-refractivity contribution in [3.05, 3.63) is 21.4 Å². The summed E-state index contributed by atoms with van der Waals surface area (Å²) in [5.74, 6) is -0.0851. The highest BCUT2D eigenvalue weighted by molar-refractivity contribution is 7.12. The molecule has 4 heteroatoms. The highest BCUT2D eigenvalue weighted by atomic mass is 32.1. The van der Waals surface area contributed by atoms with Crippen LogP contribution < -0.4 is 0 Å². The molecule has 13 heavy (non-hydrogen) atoms. The van der Waals surface area contributed by atoms with Crippen LogP contribution >= 0.6 is 11.3 Å². The summed E-state index contributed by atoms with van der Waals surface area (Å²) in [6.07, 6.45) is 0. The normalized spacial score (nSPS) is 10.2. The number of thiophene rings is 1. The second-order valence-corrected chi connectivity index (χ2v) is 3.74. The topological polar surface area (TPSA) is 29.5 Å². The van der Waals surface area contributed by atoms with Gasteiger partial charge in [-0.05, 0) is 30.4 Å². The fraction of sp³-hybridized carbons (Fsp3) is 0.444. The molecule has 0 spiro atoms. The molecule has 0 bridgehead atoms. The average molecular weight is 199 g/mol. The predicted molar refractivity (Wildman–Crippen MR) is 52.9 cm³/mol. The molecular formula is C9H13NO2S. The van der Waals surface area contributed by atoms with E-state index in [4.69, 9.17) is 4.84 Å². The zero-order chi connectivity index (χ0) is 10.0. The molecule has 0 N–H and O–H groups in total. The van der Waals surface area contributed by atoms with Gasteiger partial charge in [-0.3, -0.25) is 9.63 Å². The van der Waals surface area contributed by atoms with E-state index in [0.717, 1.165) is 16.0 Å². The SMILES string of the molecule is CON(C)C(=O)c1scc(C)c1C. The van der Waals surface area contributed by atoms with Gasteiger partial charge in [0.25, 0.3) is 5.91 Å². The van der Waals surface area contributed by atoms with E-state index in [2.05, 4.69) is 0 Å². The van der Waals surface area contributed by atoms with E-state index in [0.29, 0.717) is 0 Å². The van der Waals surface area contributed by atoms with E-state index in [9.17, 15) is 4.79 Å². The highest BCUT2D eigenvalue weighted by Gasteiger charge is 2.16. The van der Waals surface area contributed by atoms with Crippen molar-refractivity contribution in [1.29, 1.82) is 0 Å². The molecule has 0 unspecified atom stereocenters. The number of carbonyl (C=O) groups is 1. The van der Waals surface area contributed by atoms with Gasteiger partial charge < -0.3 is 0 Å². The van der Waals surface area contributed by atoms with Crippen molar-refractivity contribution >= 4 is 17.2 Å². The Morgan fingerprint density at radius 2 is 2.15 bits per heavy atom. The number of hydrogen-bond donors (Lipinski definition) is 0. The number of hydroxylamine groups is 2. The number of aryl methyl sites for hydroxylation is 1. The van der Waals surface area contributed by atoms with Crippen LogP contribution in [0.15, 0.2) is 5.38 Å².